The largest absolute Gasteiger partial charge is 0.370 e. The van der Waals surface area contributed by atoms with Gasteiger partial charge in [-0.05, 0) is 24.3 Å². The first-order valence-corrected chi connectivity index (χ1v) is 7.94. The van der Waals surface area contributed by atoms with Gasteiger partial charge >= 0.3 is 0 Å². The second-order valence-corrected chi connectivity index (χ2v) is 6.17. The van der Waals surface area contributed by atoms with E-state index in [1.165, 1.54) is 0 Å². The summed E-state index contributed by atoms with van der Waals surface area (Å²) in [5, 5.41) is 0. The van der Waals surface area contributed by atoms with Crippen molar-refractivity contribution >= 4 is 5.91 Å². The van der Waals surface area contributed by atoms with Gasteiger partial charge in [-0.2, -0.15) is 0 Å². The Hall–Kier alpha value is -1.39. The van der Waals surface area contributed by atoms with Crippen molar-refractivity contribution in [2.24, 2.45) is 11.7 Å². The maximum Gasteiger partial charge on any atom is 0.223 e. The molecular weight excluding hydrogens is 264 g/mol. The molecule has 1 aromatic carbocycles. The molecule has 1 heterocycles. The number of ether oxygens (including phenoxy) is 1. The van der Waals surface area contributed by atoms with E-state index in [9.17, 15) is 4.79 Å². The second kappa shape index (κ2) is 6.58. The first kappa shape index (κ1) is 14.5. The number of hydrogen-bond donors (Lipinski definition) is 1. The Bertz CT molecular complexity index is 477. The van der Waals surface area contributed by atoms with Crippen LogP contribution in [0.4, 0.5) is 0 Å². The Morgan fingerprint density at radius 1 is 1.29 bits per heavy atom. The number of carbonyl (C=O) groups is 1. The first-order chi connectivity index (χ1) is 10.2. The minimum atomic E-state index is 0.00107. The summed E-state index contributed by atoms with van der Waals surface area (Å²) in [5.41, 5.74) is 7.23. The predicted molar refractivity (Wildman–Crippen MR) is 81.6 cm³/mol. The molecule has 4 heteroatoms. The fourth-order valence-corrected chi connectivity index (χ4v) is 3.42. The van der Waals surface area contributed by atoms with E-state index in [4.69, 9.17) is 10.5 Å². The number of nitrogens with two attached hydrogens (primary N) is 1. The van der Waals surface area contributed by atoms with Crippen LogP contribution in [-0.4, -0.2) is 36.5 Å². The molecule has 21 heavy (non-hydrogen) atoms. The third kappa shape index (κ3) is 3.44. The molecule has 2 fully saturated rings. The lowest BCUT2D eigenvalue weighted by atomic mass is 9.99. The van der Waals surface area contributed by atoms with Gasteiger partial charge in [-0.1, -0.05) is 36.8 Å². The van der Waals surface area contributed by atoms with Gasteiger partial charge in [0.15, 0.2) is 0 Å². The zero-order valence-corrected chi connectivity index (χ0v) is 12.4. The van der Waals surface area contributed by atoms with Crippen molar-refractivity contribution in [1.82, 2.24) is 4.90 Å². The lowest BCUT2D eigenvalue weighted by Crippen LogP contribution is -2.43. The minimum Gasteiger partial charge on any atom is -0.370 e. The monoisotopic (exact) mass is 288 g/mol. The van der Waals surface area contributed by atoms with Gasteiger partial charge in [-0.15, -0.1) is 0 Å². The summed E-state index contributed by atoms with van der Waals surface area (Å²) in [4.78, 5) is 14.4. The summed E-state index contributed by atoms with van der Waals surface area (Å²) in [6, 6.07) is 10.3. The highest BCUT2D eigenvalue weighted by Gasteiger charge is 2.30. The van der Waals surface area contributed by atoms with E-state index in [1.54, 1.807) is 0 Å². The summed E-state index contributed by atoms with van der Waals surface area (Å²) in [5.74, 6) is 0.608. The van der Waals surface area contributed by atoms with Gasteiger partial charge in [-0.25, -0.2) is 0 Å². The molecule has 114 valence electrons. The number of benzene rings is 1. The van der Waals surface area contributed by atoms with Crippen LogP contribution in [0, 0.1) is 5.92 Å². The van der Waals surface area contributed by atoms with Gasteiger partial charge in [0, 0.05) is 19.0 Å². The summed E-state index contributed by atoms with van der Waals surface area (Å²) in [6.07, 6.45) is 3.92. The van der Waals surface area contributed by atoms with Crippen LogP contribution in [0.5, 0.6) is 0 Å². The Kier molecular flexibility index (Phi) is 4.56. The molecule has 3 atom stereocenters. The Labute approximate surface area is 126 Å². The summed E-state index contributed by atoms with van der Waals surface area (Å²) in [7, 11) is 0. The van der Waals surface area contributed by atoms with Gasteiger partial charge in [0.05, 0.1) is 13.2 Å². The van der Waals surface area contributed by atoms with Gasteiger partial charge in [0.25, 0.3) is 0 Å². The van der Waals surface area contributed by atoms with Gasteiger partial charge < -0.3 is 15.4 Å². The van der Waals surface area contributed by atoms with Crippen molar-refractivity contribution in [2.75, 3.05) is 19.7 Å². The van der Waals surface area contributed by atoms with Crippen LogP contribution >= 0.6 is 0 Å². The van der Waals surface area contributed by atoms with Crippen LogP contribution in [0.2, 0.25) is 0 Å². The minimum absolute atomic E-state index is 0.00107. The maximum atomic E-state index is 12.5. The van der Waals surface area contributed by atoms with Crippen LogP contribution < -0.4 is 5.73 Å². The quantitative estimate of drug-likeness (QED) is 0.926. The number of nitrogens with zero attached hydrogens (tertiary/aromatic N) is 1. The van der Waals surface area contributed by atoms with Crippen LogP contribution in [-0.2, 0) is 9.53 Å². The van der Waals surface area contributed by atoms with E-state index in [1.807, 2.05) is 23.1 Å². The number of carbonyl (C=O) groups excluding carboxylic acids is 1. The van der Waals surface area contributed by atoms with Gasteiger partial charge in [0.2, 0.25) is 5.91 Å². The first-order valence-electron chi connectivity index (χ1n) is 7.94. The molecule has 1 amide bonds. The fraction of sp³-hybridized carbons (Fsp3) is 0.588. The van der Waals surface area contributed by atoms with E-state index < -0.39 is 0 Å². The van der Waals surface area contributed by atoms with Crippen molar-refractivity contribution in [3.63, 3.8) is 0 Å². The molecule has 4 nitrogen and oxygen atoms in total. The molecule has 0 aromatic heterocycles. The molecule has 1 saturated carbocycles. The molecule has 0 spiro atoms. The average Bonchev–Trinajstić information content (AvgIpc) is 2.93. The molecule has 3 rings (SSSR count). The third-order valence-corrected chi connectivity index (χ3v) is 4.75. The molecule has 1 aromatic rings. The van der Waals surface area contributed by atoms with E-state index in [0.717, 1.165) is 24.8 Å². The van der Waals surface area contributed by atoms with Crippen LogP contribution in [0.15, 0.2) is 30.3 Å². The highest BCUT2D eigenvalue weighted by atomic mass is 16.5. The molecule has 2 aliphatic rings. The molecule has 1 unspecified atom stereocenters. The zero-order valence-electron chi connectivity index (χ0n) is 12.4. The van der Waals surface area contributed by atoms with Crippen molar-refractivity contribution < 1.29 is 9.53 Å². The van der Waals surface area contributed by atoms with Crippen molar-refractivity contribution in [2.45, 2.75) is 37.8 Å². The highest BCUT2D eigenvalue weighted by molar-refractivity contribution is 5.76. The van der Waals surface area contributed by atoms with E-state index >= 15 is 0 Å². The molecule has 0 bridgehead atoms. The predicted octanol–water partition coefficient (Wildman–Crippen LogP) is 2.10. The molecule has 1 saturated heterocycles. The lowest BCUT2D eigenvalue weighted by molar-refractivity contribution is -0.140. The standard InChI is InChI=1S/C17H24N2O2/c18-15-8-4-7-14(15)11-17(20)19-9-10-21-16(12-19)13-5-2-1-3-6-13/h1-3,5-6,14-16H,4,7-12,18H2/t14-,15+,16?/m0/s1. The maximum absolute atomic E-state index is 12.5. The van der Waals surface area contributed by atoms with E-state index in [-0.39, 0.29) is 18.1 Å². The number of rotatable bonds is 3. The van der Waals surface area contributed by atoms with Crippen molar-refractivity contribution in [3.05, 3.63) is 35.9 Å². The summed E-state index contributed by atoms with van der Waals surface area (Å²) < 4.78 is 5.82. The lowest BCUT2D eigenvalue weighted by Gasteiger charge is -2.34. The Morgan fingerprint density at radius 2 is 2.10 bits per heavy atom. The molecular formula is C17H24N2O2. The normalized spacial score (nSPS) is 29.6. The number of morpholine rings is 1. The van der Waals surface area contributed by atoms with Crippen LogP contribution in [0.1, 0.15) is 37.4 Å². The van der Waals surface area contributed by atoms with Crippen molar-refractivity contribution in [3.8, 4) is 0 Å². The van der Waals surface area contributed by atoms with Crippen molar-refractivity contribution in [1.29, 1.82) is 0 Å². The molecule has 0 radical (unpaired) electrons. The van der Waals surface area contributed by atoms with Gasteiger partial charge in [-0.3, -0.25) is 4.79 Å². The SMILES string of the molecule is N[C@@H]1CCC[C@H]1CC(=O)N1CCOC(c2ccccc2)C1. The Morgan fingerprint density at radius 3 is 2.81 bits per heavy atom. The highest BCUT2D eigenvalue weighted by Crippen LogP contribution is 2.28. The van der Waals surface area contributed by atoms with Crippen LogP contribution in [0.25, 0.3) is 0 Å². The van der Waals surface area contributed by atoms with Crippen LogP contribution in [0.3, 0.4) is 0 Å². The van der Waals surface area contributed by atoms with E-state index in [2.05, 4.69) is 12.1 Å². The fourth-order valence-electron chi connectivity index (χ4n) is 3.42. The average molecular weight is 288 g/mol. The number of amides is 1. The molecule has 1 aliphatic heterocycles. The molecule has 2 N–H and O–H groups in total. The summed E-state index contributed by atoms with van der Waals surface area (Å²) in [6.45, 7) is 1.97. The Balaban J connectivity index is 1.59. The van der Waals surface area contributed by atoms with E-state index in [0.29, 0.717) is 32.0 Å². The molecule has 1 aliphatic carbocycles. The summed E-state index contributed by atoms with van der Waals surface area (Å²) >= 11 is 0. The number of hydrogen-bond acceptors (Lipinski definition) is 3. The van der Waals surface area contributed by atoms with Gasteiger partial charge in [0.1, 0.15) is 6.10 Å². The smallest absolute Gasteiger partial charge is 0.223 e. The second-order valence-electron chi connectivity index (χ2n) is 6.17. The zero-order chi connectivity index (χ0) is 14.7. The topological polar surface area (TPSA) is 55.6 Å². The third-order valence-electron chi connectivity index (χ3n) is 4.75.